The first kappa shape index (κ1) is 23.6. The standard InChI is InChI=1S/C23H33N3O4S2/c1-25(2)32(28,29)19-13-14-21-20(15-19)24-23(30-21)31-16-22(27)26(17-9-5-3-6-10-17)18-11-7-4-8-12-18/h13-15,17-18H,3-12,16H2,1-2H3. The molecule has 0 atom stereocenters. The van der Waals surface area contributed by atoms with Crippen molar-refractivity contribution in [2.45, 2.75) is 86.4 Å². The Bertz CT molecular complexity index is 1020. The van der Waals surface area contributed by atoms with Crippen molar-refractivity contribution < 1.29 is 17.6 Å². The second-order valence-corrected chi connectivity index (χ2v) is 12.1. The first-order chi connectivity index (χ1) is 15.4. The molecule has 7 nitrogen and oxygen atoms in total. The lowest BCUT2D eigenvalue weighted by molar-refractivity contribution is -0.135. The van der Waals surface area contributed by atoms with Crippen molar-refractivity contribution in [2.24, 2.45) is 0 Å². The number of sulfonamides is 1. The number of hydrogen-bond acceptors (Lipinski definition) is 6. The quantitative estimate of drug-likeness (QED) is 0.537. The highest BCUT2D eigenvalue weighted by Gasteiger charge is 2.32. The first-order valence-electron chi connectivity index (χ1n) is 11.6. The zero-order valence-corrected chi connectivity index (χ0v) is 20.6. The largest absolute Gasteiger partial charge is 0.431 e. The number of carbonyl (C=O) groups excluding carboxylic acids is 1. The Morgan fingerprint density at radius 1 is 1.03 bits per heavy atom. The third-order valence-electron chi connectivity index (χ3n) is 6.66. The molecule has 0 bridgehead atoms. The molecule has 1 heterocycles. The van der Waals surface area contributed by atoms with E-state index in [4.69, 9.17) is 4.42 Å². The van der Waals surface area contributed by atoms with E-state index in [2.05, 4.69) is 9.88 Å². The number of benzene rings is 1. The van der Waals surface area contributed by atoms with Gasteiger partial charge in [0.2, 0.25) is 15.9 Å². The minimum Gasteiger partial charge on any atom is -0.431 e. The molecule has 1 amide bonds. The number of carbonyl (C=O) groups is 1. The lowest BCUT2D eigenvalue weighted by Gasteiger charge is -2.41. The summed E-state index contributed by atoms with van der Waals surface area (Å²) in [6.45, 7) is 0. The SMILES string of the molecule is CN(C)S(=O)(=O)c1ccc2oc(SCC(=O)N(C3CCCCC3)C3CCCCC3)nc2c1. The van der Waals surface area contributed by atoms with Crippen LogP contribution < -0.4 is 0 Å². The maximum atomic E-state index is 13.3. The fourth-order valence-electron chi connectivity index (χ4n) is 4.94. The van der Waals surface area contributed by atoms with E-state index in [1.54, 1.807) is 6.07 Å². The molecule has 0 saturated heterocycles. The average molecular weight is 480 g/mol. The first-order valence-corrected chi connectivity index (χ1v) is 14.1. The van der Waals surface area contributed by atoms with Gasteiger partial charge in [0.05, 0.1) is 10.6 Å². The molecule has 2 saturated carbocycles. The number of amides is 1. The van der Waals surface area contributed by atoms with Gasteiger partial charge in [0.25, 0.3) is 5.22 Å². The Kier molecular flexibility index (Phi) is 7.47. The van der Waals surface area contributed by atoms with Crippen LogP contribution in [-0.2, 0) is 14.8 Å². The smallest absolute Gasteiger partial charge is 0.257 e. The van der Waals surface area contributed by atoms with Crippen molar-refractivity contribution in [2.75, 3.05) is 19.8 Å². The summed E-state index contributed by atoms with van der Waals surface area (Å²) >= 11 is 1.30. The highest BCUT2D eigenvalue weighted by molar-refractivity contribution is 7.99. The van der Waals surface area contributed by atoms with Crippen LogP contribution in [0.1, 0.15) is 64.2 Å². The Morgan fingerprint density at radius 3 is 2.19 bits per heavy atom. The molecule has 4 rings (SSSR count). The van der Waals surface area contributed by atoms with E-state index < -0.39 is 10.0 Å². The van der Waals surface area contributed by atoms with E-state index in [9.17, 15) is 13.2 Å². The van der Waals surface area contributed by atoms with Crippen molar-refractivity contribution in [1.82, 2.24) is 14.2 Å². The predicted octanol–water partition coefficient (Wildman–Crippen LogP) is 4.66. The zero-order chi connectivity index (χ0) is 22.7. The van der Waals surface area contributed by atoms with Crippen LogP contribution in [0.2, 0.25) is 0 Å². The van der Waals surface area contributed by atoms with Crippen LogP contribution >= 0.6 is 11.8 Å². The highest BCUT2D eigenvalue weighted by Crippen LogP contribution is 2.32. The molecule has 2 aliphatic carbocycles. The number of oxazole rings is 1. The Balaban J connectivity index is 1.47. The average Bonchev–Trinajstić information content (AvgIpc) is 3.21. The summed E-state index contributed by atoms with van der Waals surface area (Å²) < 4.78 is 31.7. The van der Waals surface area contributed by atoms with Crippen LogP contribution in [-0.4, -0.2) is 60.4 Å². The molecule has 176 valence electrons. The van der Waals surface area contributed by atoms with Gasteiger partial charge >= 0.3 is 0 Å². The lowest BCUT2D eigenvalue weighted by Crippen LogP contribution is -2.49. The fourth-order valence-corrected chi connectivity index (χ4v) is 6.57. The van der Waals surface area contributed by atoms with Gasteiger partial charge in [-0.15, -0.1) is 0 Å². The van der Waals surface area contributed by atoms with Gasteiger partial charge in [-0.3, -0.25) is 4.79 Å². The number of hydrogen-bond donors (Lipinski definition) is 0. The summed E-state index contributed by atoms with van der Waals surface area (Å²) in [5.74, 6) is 0.467. The molecule has 0 unspecified atom stereocenters. The molecule has 1 aromatic heterocycles. The van der Waals surface area contributed by atoms with Gasteiger partial charge in [-0.25, -0.2) is 17.7 Å². The maximum Gasteiger partial charge on any atom is 0.257 e. The Hall–Kier alpha value is -1.58. The number of nitrogens with zero attached hydrogens (tertiary/aromatic N) is 3. The summed E-state index contributed by atoms with van der Waals surface area (Å²) in [5.41, 5.74) is 1.01. The van der Waals surface area contributed by atoms with E-state index in [1.807, 2.05) is 0 Å². The number of aromatic nitrogens is 1. The minimum atomic E-state index is -3.54. The monoisotopic (exact) mass is 479 g/mol. The van der Waals surface area contributed by atoms with Crippen LogP contribution in [0.5, 0.6) is 0 Å². The normalized spacial score (nSPS) is 19.0. The molecular formula is C23H33N3O4S2. The lowest BCUT2D eigenvalue weighted by atomic mass is 9.88. The van der Waals surface area contributed by atoms with Crippen LogP contribution in [0.3, 0.4) is 0 Å². The predicted molar refractivity (Wildman–Crippen MR) is 126 cm³/mol. The molecule has 2 aliphatic rings. The van der Waals surface area contributed by atoms with E-state index in [0.717, 1.165) is 25.7 Å². The van der Waals surface area contributed by atoms with Crippen molar-refractivity contribution in [3.05, 3.63) is 18.2 Å². The van der Waals surface area contributed by atoms with Gasteiger partial charge in [0.1, 0.15) is 5.52 Å². The van der Waals surface area contributed by atoms with E-state index in [1.165, 1.54) is 80.8 Å². The number of thioether (sulfide) groups is 1. The molecule has 2 fully saturated rings. The van der Waals surface area contributed by atoms with Crippen LogP contribution in [0.15, 0.2) is 32.7 Å². The van der Waals surface area contributed by atoms with Gasteiger partial charge in [-0.2, -0.15) is 0 Å². The van der Waals surface area contributed by atoms with Crippen molar-refractivity contribution in [3.63, 3.8) is 0 Å². The maximum absolute atomic E-state index is 13.3. The highest BCUT2D eigenvalue weighted by atomic mass is 32.2. The molecule has 0 aliphatic heterocycles. The molecule has 9 heteroatoms. The van der Waals surface area contributed by atoms with Gasteiger partial charge in [0.15, 0.2) is 5.58 Å². The van der Waals surface area contributed by atoms with Crippen LogP contribution in [0, 0.1) is 0 Å². The minimum absolute atomic E-state index is 0.173. The van der Waals surface area contributed by atoms with E-state index >= 15 is 0 Å². The second-order valence-electron chi connectivity index (χ2n) is 9.07. The summed E-state index contributed by atoms with van der Waals surface area (Å²) in [6, 6.07) is 5.40. The molecule has 32 heavy (non-hydrogen) atoms. The van der Waals surface area contributed by atoms with Crippen molar-refractivity contribution in [3.8, 4) is 0 Å². The van der Waals surface area contributed by atoms with Gasteiger partial charge < -0.3 is 9.32 Å². The van der Waals surface area contributed by atoms with E-state index in [0.29, 0.717) is 34.2 Å². The topological polar surface area (TPSA) is 83.7 Å². The molecular weight excluding hydrogens is 446 g/mol. The molecule has 0 N–H and O–H groups in total. The summed E-state index contributed by atoms with van der Waals surface area (Å²) in [6.07, 6.45) is 11.8. The van der Waals surface area contributed by atoms with Gasteiger partial charge in [0, 0.05) is 26.2 Å². The van der Waals surface area contributed by atoms with E-state index in [-0.39, 0.29) is 10.8 Å². The number of rotatable bonds is 7. The van der Waals surface area contributed by atoms with Gasteiger partial charge in [-0.1, -0.05) is 50.3 Å². The Morgan fingerprint density at radius 2 is 1.62 bits per heavy atom. The fraction of sp³-hybridized carbons (Fsp3) is 0.652. The van der Waals surface area contributed by atoms with Crippen LogP contribution in [0.4, 0.5) is 0 Å². The summed E-state index contributed by atoms with van der Waals surface area (Å²) in [4.78, 5) is 20.2. The third kappa shape index (κ3) is 5.15. The molecule has 1 aromatic carbocycles. The second kappa shape index (κ2) is 10.1. The molecule has 2 aromatic rings. The van der Waals surface area contributed by atoms with Crippen molar-refractivity contribution in [1.29, 1.82) is 0 Å². The van der Waals surface area contributed by atoms with Gasteiger partial charge in [-0.05, 0) is 43.9 Å². The van der Waals surface area contributed by atoms with Crippen molar-refractivity contribution >= 4 is 38.8 Å². The van der Waals surface area contributed by atoms with Crippen LogP contribution in [0.25, 0.3) is 11.1 Å². The third-order valence-corrected chi connectivity index (χ3v) is 9.29. The summed E-state index contributed by atoms with van der Waals surface area (Å²) in [7, 11) is -0.538. The molecule has 0 radical (unpaired) electrons. The molecule has 0 spiro atoms. The zero-order valence-electron chi connectivity index (χ0n) is 19.0. The Labute approximate surface area is 195 Å². The summed E-state index contributed by atoms with van der Waals surface area (Å²) in [5, 5.41) is 0.403. The number of fused-ring (bicyclic) bond motifs is 1.